The summed E-state index contributed by atoms with van der Waals surface area (Å²) in [4.78, 5) is 36.6. The van der Waals surface area contributed by atoms with Crippen LogP contribution in [0, 0.1) is 0 Å². The molecule has 1 amide bonds. The summed E-state index contributed by atoms with van der Waals surface area (Å²) in [7, 11) is 0. The van der Waals surface area contributed by atoms with E-state index in [0.29, 0.717) is 27.8 Å². The molecule has 0 saturated carbocycles. The van der Waals surface area contributed by atoms with Gasteiger partial charge < -0.3 is 10.8 Å². The van der Waals surface area contributed by atoms with Crippen molar-refractivity contribution in [1.29, 1.82) is 0 Å². The number of nitrogens with one attached hydrogen (secondary N) is 2. The van der Waals surface area contributed by atoms with Gasteiger partial charge in [-0.3, -0.25) is 20.0 Å². The van der Waals surface area contributed by atoms with Crippen LogP contribution < -0.4 is 11.1 Å². The molecule has 0 spiro atoms. The van der Waals surface area contributed by atoms with Crippen molar-refractivity contribution in [1.82, 2.24) is 25.1 Å². The van der Waals surface area contributed by atoms with E-state index in [1.54, 1.807) is 6.20 Å². The third-order valence-corrected chi connectivity index (χ3v) is 5.42. The highest BCUT2D eigenvalue weighted by Gasteiger charge is 2.38. The number of nitrogen functional groups attached to an aromatic ring is 1. The molecule has 0 atom stereocenters. The predicted molar refractivity (Wildman–Crippen MR) is 102 cm³/mol. The van der Waals surface area contributed by atoms with E-state index in [1.165, 1.54) is 6.20 Å². The number of nitrogens with two attached hydrogens (primary N) is 1. The molecular formula is C17H17N7O3S. The van der Waals surface area contributed by atoms with E-state index in [1.807, 2.05) is 13.8 Å². The molecular weight excluding hydrogens is 382 g/mol. The van der Waals surface area contributed by atoms with Crippen molar-refractivity contribution in [3.63, 3.8) is 0 Å². The van der Waals surface area contributed by atoms with Crippen LogP contribution in [0.2, 0.25) is 0 Å². The van der Waals surface area contributed by atoms with E-state index in [4.69, 9.17) is 10.8 Å². The Bertz CT molecular complexity index is 1100. The van der Waals surface area contributed by atoms with Crippen LogP contribution in [0.4, 0.5) is 11.1 Å². The average Bonchev–Trinajstić information content (AvgIpc) is 3.22. The lowest BCUT2D eigenvalue weighted by Crippen LogP contribution is -2.29. The number of rotatable bonds is 4. The quantitative estimate of drug-likeness (QED) is 0.515. The molecule has 1 aliphatic rings. The summed E-state index contributed by atoms with van der Waals surface area (Å²) in [6.45, 7) is 4.04. The van der Waals surface area contributed by atoms with Gasteiger partial charge in [0.15, 0.2) is 10.8 Å². The van der Waals surface area contributed by atoms with Crippen molar-refractivity contribution in [3.8, 4) is 11.4 Å². The second kappa shape index (κ2) is 6.37. The van der Waals surface area contributed by atoms with E-state index in [9.17, 15) is 9.59 Å². The minimum atomic E-state index is -0.954. The van der Waals surface area contributed by atoms with Crippen LogP contribution in [0.25, 0.3) is 11.4 Å². The summed E-state index contributed by atoms with van der Waals surface area (Å²) >= 11 is 1.12. The molecule has 0 radical (unpaired) electrons. The number of carboxylic acid groups (broad SMARTS) is 1. The molecule has 0 aliphatic heterocycles. The van der Waals surface area contributed by atoms with Crippen LogP contribution in [0.1, 0.15) is 40.3 Å². The maximum absolute atomic E-state index is 12.8. The van der Waals surface area contributed by atoms with Gasteiger partial charge in [0.2, 0.25) is 5.95 Å². The highest BCUT2D eigenvalue weighted by Crippen LogP contribution is 2.42. The van der Waals surface area contributed by atoms with Crippen LogP contribution in [0.15, 0.2) is 12.4 Å². The number of carboxylic acids is 1. The summed E-state index contributed by atoms with van der Waals surface area (Å²) in [6.07, 6.45) is 3.63. The Morgan fingerprint density at radius 1 is 1.36 bits per heavy atom. The molecule has 5 N–H and O–H groups in total. The SMILES string of the molecule is CC1(C)Cc2cnc(N)nc2-c2[nH]nc(C(=O)Nc3ncc(CC(=O)O)s3)c21. The van der Waals surface area contributed by atoms with Crippen LogP contribution in [-0.4, -0.2) is 42.1 Å². The van der Waals surface area contributed by atoms with Gasteiger partial charge in [0, 0.05) is 22.8 Å². The fourth-order valence-corrected chi connectivity index (χ4v) is 4.22. The Balaban J connectivity index is 1.68. The van der Waals surface area contributed by atoms with Crippen LogP contribution in [0.5, 0.6) is 0 Å². The first kappa shape index (κ1) is 18.0. The van der Waals surface area contributed by atoms with Gasteiger partial charge in [-0.15, -0.1) is 11.3 Å². The molecule has 0 fully saturated rings. The number of nitrogens with zero attached hydrogens (tertiary/aromatic N) is 4. The van der Waals surface area contributed by atoms with E-state index in [0.717, 1.165) is 22.5 Å². The lowest BCUT2D eigenvalue weighted by atomic mass is 9.73. The molecule has 11 heteroatoms. The van der Waals surface area contributed by atoms with Gasteiger partial charge >= 0.3 is 5.97 Å². The molecule has 1 aliphatic carbocycles. The summed E-state index contributed by atoms with van der Waals surface area (Å²) in [5, 5.41) is 19.0. The number of aromatic nitrogens is 5. The minimum Gasteiger partial charge on any atom is -0.481 e. The largest absolute Gasteiger partial charge is 0.481 e. The number of anilines is 2. The van der Waals surface area contributed by atoms with Gasteiger partial charge in [0.05, 0.1) is 17.8 Å². The normalized spacial score (nSPS) is 14.2. The van der Waals surface area contributed by atoms with E-state index >= 15 is 0 Å². The minimum absolute atomic E-state index is 0.143. The molecule has 0 bridgehead atoms. The van der Waals surface area contributed by atoms with Gasteiger partial charge in [0.25, 0.3) is 5.91 Å². The Hall–Kier alpha value is -3.34. The van der Waals surface area contributed by atoms with Crippen molar-refractivity contribution in [2.45, 2.75) is 32.1 Å². The molecule has 10 nitrogen and oxygen atoms in total. The smallest absolute Gasteiger partial charge is 0.308 e. The maximum atomic E-state index is 12.8. The molecule has 3 aromatic rings. The van der Waals surface area contributed by atoms with Gasteiger partial charge in [-0.2, -0.15) is 5.10 Å². The molecule has 3 heterocycles. The first-order valence-electron chi connectivity index (χ1n) is 8.43. The van der Waals surface area contributed by atoms with Crippen molar-refractivity contribution in [2.24, 2.45) is 0 Å². The lowest BCUT2D eigenvalue weighted by Gasteiger charge is -2.31. The van der Waals surface area contributed by atoms with Crippen molar-refractivity contribution < 1.29 is 14.7 Å². The second-order valence-corrected chi connectivity index (χ2v) is 8.26. The number of carbonyl (C=O) groups is 2. The number of thiazole rings is 1. The molecule has 0 saturated heterocycles. The van der Waals surface area contributed by atoms with E-state index < -0.39 is 11.9 Å². The van der Waals surface area contributed by atoms with Gasteiger partial charge in [-0.05, 0) is 17.4 Å². The zero-order valence-electron chi connectivity index (χ0n) is 15.1. The first-order valence-corrected chi connectivity index (χ1v) is 9.24. The molecule has 0 aromatic carbocycles. The predicted octanol–water partition coefficient (Wildman–Crippen LogP) is 1.62. The van der Waals surface area contributed by atoms with E-state index in [2.05, 4.69) is 30.5 Å². The number of aromatic amines is 1. The third kappa shape index (κ3) is 3.09. The molecule has 0 unspecified atom stereocenters. The van der Waals surface area contributed by atoms with Crippen molar-refractivity contribution >= 4 is 34.3 Å². The lowest BCUT2D eigenvalue weighted by molar-refractivity contribution is -0.136. The average molecular weight is 399 g/mol. The fourth-order valence-electron chi connectivity index (χ4n) is 3.42. The van der Waals surface area contributed by atoms with E-state index in [-0.39, 0.29) is 23.5 Å². The van der Waals surface area contributed by atoms with Gasteiger partial charge in [0.1, 0.15) is 0 Å². The second-order valence-electron chi connectivity index (χ2n) is 7.14. The molecule has 3 aromatic heterocycles. The number of fused-ring (bicyclic) bond motifs is 3. The summed E-state index contributed by atoms with van der Waals surface area (Å²) in [5.41, 5.74) is 8.57. The maximum Gasteiger partial charge on any atom is 0.308 e. The van der Waals surface area contributed by atoms with Gasteiger partial charge in [-0.25, -0.2) is 15.0 Å². The third-order valence-electron chi connectivity index (χ3n) is 4.51. The number of aliphatic carboxylic acids is 1. The Labute approximate surface area is 163 Å². The summed E-state index contributed by atoms with van der Waals surface area (Å²) in [6, 6.07) is 0. The molecule has 144 valence electrons. The number of carbonyl (C=O) groups excluding carboxylic acids is 1. The zero-order chi connectivity index (χ0) is 20.1. The Kier molecular flexibility index (Phi) is 4.11. The Morgan fingerprint density at radius 2 is 2.14 bits per heavy atom. The molecule has 28 heavy (non-hydrogen) atoms. The van der Waals surface area contributed by atoms with Crippen LogP contribution >= 0.6 is 11.3 Å². The monoisotopic (exact) mass is 399 g/mol. The van der Waals surface area contributed by atoms with Crippen LogP contribution in [0.3, 0.4) is 0 Å². The summed E-state index contributed by atoms with van der Waals surface area (Å²) < 4.78 is 0. The number of hydrogen-bond acceptors (Lipinski definition) is 8. The number of hydrogen-bond donors (Lipinski definition) is 4. The van der Waals surface area contributed by atoms with Crippen LogP contribution in [-0.2, 0) is 23.1 Å². The zero-order valence-corrected chi connectivity index (χ0v) is 15.9. The first-order chi connectivity index (χ1) is 13.2. The Morgan fingerprint density at radius 3 is 2.89 bits per heavy atom. The van der Waals surface area contributed by atoms with Crippen molar-refractivity contribution in [3.05, 3.63) is 34.1 Å². The fraction of sp³-hybridized carbons (Fsp3) is 0.294. The number of amides is 1. The number of H-pyrrole nitrogens is 1. The molecule has 4 rings (SSSR count). The van der Waals surface area contributed by atoms with Gasteiger partial charge in [-0.1, -0.05) is 13.8 Å². The highest BCUT2D eigenvalue weighted by atomic mass is 32.1. The van der Waals surface area contributed by atoms with Crippen molar-refractivity contribution in [2.75, 3.05) is 11.1 Å². The summed E-state index contributed by atoms with van der Waals surface area (Å²) in [5.74, 6) is -1.23. The topological polar surface area (TPSA) is 160 Å². The highest BCUT2D eigenvalue weighted by molar-refractivity contribution is 7.15. The standard InChI is InChI=1S/C17H17N7O3S/c1-17(2)4-7-5-19-15(18)21-11(7)12-10(17)13(24-23-12)14(27)22-16-20-6-8(28-16)3-9(25)26/h5-6H,3-4H2,1-2H3,(H,23,24)(H,25,26)(H2,18,19,21)(H,20,22,27).